The first-order valence-electron chi connectivity index (χ1n) is 12.4. The lowest BCUT2D eigenvalue weighted by Crippen LogP contribution is -2.09. The van der Waals surface area contributed by atoms with E-state index < -0.39 is 0 Å². The summed E-state index contributed by atoms with van der Waals surface area (Å²) >= 11 is 0. The Morgan fingerprint density at radius 1 is 0.759 bits per heavy atom. The summed E-state index contributed by atoms with van der Waals surface area (Å²) in [6.07, 6.45) is 30.4. The summed E-state index contributed by atoms with van der Waals surface area (Å²) in [6.45, 7) is 2.58. The van der Waals surface area contributed by atoms with Gasteiger partial charge in [-0.2, -0.15) is 0 Å². The molecule has 0 radical (unpaired) electrons. The molecule has 0 fully saturated rings. The van der Waals surface area contributed by atoms with Gasteiger partial charge in [-0.3, -0.25) is 4.79 Å². The predicted octanol–water partition coefficient (Wildman–Crippen LogP) is 7.23. The Balaban J connectivity index is 3.32. The van der Waals surface area contributed by atoms with E-state index in [1.54, 1.807) is 0 Å². The summed E-state index contributed by atoms with van der Waals surface area (Å²) < 4.78 is 0. The molecule has 1 amide bonds. The van der Waals surface area contributed by atoms with Gasteiger partial charge in [-0.1, -0.05) is 89.0 Å². The quantitative estimate of drug-likeness (QED) is 0.147. The highest BCUT2D eigenvalue weighted by atomic mass is 16.3. The standard InChI is InChI=1S/C26H49NO2/c1-2-3-21-25(24-28)22-19-17-15-13-11-9-7-5-4-6-8-10-12-14-16-18-20-23-26(27)29/h4-5,9,11,25,28H,2-3,6-8,10,12-24H2,1H3,(H2,27,29)/b5-4-,11-9-. The third-order valence-corrected chi connectivity index (χ3v) is 5.61. The Hall–Kier alpha value is -1.09. The fourth-order valence-corrected chi connectivity index (χ4v) is 3.64. The van der Waals surface area contributed by atoms with Gasteiger partial charge in [0, 0.05) is 13.0 Å². The number of aliphatic hydroxyl groups excluding tert-OH is 1. The number of rotatable bonds is 22. The SMILES string of the molecule is CCCCC(CO)CCCCC/C=C\C/C=C\CCCCCCCCCC(N)=O. The number of hydrogen-bond acceptors (Lipinski definition) is 2. The molecule has 29 heavy (non-hydrogen) atoms. The summed E-state index contributed by atoms with van der Waals surface area (Å²) in [4.78, 5) is 10.6. The van der Waals surface area contributed by atoms with Crippen molar-refractivity contribution in [2.24, 2.45) is 11.7 Å². The molecule has 0 aromatic heterocycles. The minimum atomic E-state index is -0.170. The van der Waals surface area contributed by atoms with E-state index in [0.29, 0.717) is 18.9 Å². The molecule has 0 saturated heterocycles. The van der Waals surface area contributed by atoms with Gasteiger partial charge in [0.05, 0.1) is 0 Å². The highest BCUT2D eigenvalue weighted by molar-refractivity contribution is 5.73. The molecule has 1 atom stereocenters. The van der Waals surface area contributed by atoms with Crippen molar-refractivity contribution in [3.05, 3.63) is 24.3 Å². The Morgan fingerprint density at radius 3 is 1.83 bits per heavy atom. The monoisotopic (exact) mass is 407 g/mol. The summed E-state index contributed by atoms with van der Waals surface area (Å²) in [6, 6.07) is 0. The third-order valence-electron chi connectivity index (χ3n) is 5.61. The maximum Gasteiger partial charge on any atom is 0.217 e. The Morgan fingerprint density at radius 2 is 1.28 bits per heavy atom. The predicted molar refractivity (Wildman–Crippen MR) is 127 cm³/mol. The van der Waals surface area contributed by atoms with E-state index in [0.717, 1.165) is 19.3 Å². The summed E-state index contributed by atoms with van der Waals surface area (Å²) in [5.41, 5.74) is 5.13. The van der Waals surface area contributed by atoms with Crippen LogP contribution in [0.4, 0.5) is 0 Å². The number of carbonyl (C=O) groups is 1. The largest absolute Gasteiger partial charge is 0.396 e. The molecule has 0 aromatic carbocycles. The number of primary amides is 1. The van der Waals surface area contributed by atoms with Crippen LogP contribution in [-0.2, 0) is 4.79 Å². The Kier molecular flexibility index (Phi) is 22.3. The zero-order valence-electron chi connectivity index (χ0n) is 19.3. The number of hydrogen-bond donors (Lipinski definition) is 2. The van der Waals surface area contributed by atoms with E-state index in [9.17, 15) is 9.90 Å². The van der Waals surface area contributed by atoms with Gasteiger partial charge in [-0.15, -0.1) is 0 Å². The highest BCUT2D eigenvalue weighted by Gasteiger charge is 2.05. The number of aliphatic hydroxyl groups is 1. The van der Waals surface area contributed by atoms with Gasteiger partial charge in [-0.05, 0) is 57.3 Å². The van der Waals surface area contributed by atoms with Crippen molar-refractivity contribution < 1.29 is 9.90 Å². The van der Waals surface area contributed by atoms with Crippen molar-refractivity contribution >= 4 is 5.91 Å². The maximum atomic E-state index is 10.6. The molecule has 3 nitrogen and oxygen atoms in total. The van der Waals surface area contributed by atoms with Gasteiger partial charge in [0.25, 0.3) is 0 Å². The van der Waals surface area contributed by atoms with Crippen LogP contribution in [0.5, 0.6) is 0 Å². The Labute approximate surface area is 181 Å². The van der Waals surface area contributed by atoms with Crippen molar-refractivity contribution in [2.75, 3.05) is 6.61 Å². The van der Waals surface area contributed by atoms with Crippen molar-refractivity contribution in [3.8, 4) is 0 Å². The third kappa shape index (κ3) is 23.1. The average Bonchev–Trinajstić information content (AvgIpc) is 2.71. The van der Waals surface area contributed by atoms with Crippen LogP contribution >= 0.6 is 0 Å². The molecule has 0 aliphatic rings. The van der Waals surface area contributed by atoms with Crippen LogP contribution in [-0.4, -0.2) is 17.6 Å². The van der Waals surface area contributed by atoms with Gasteiger partial charge in [0.1, 0.15) is 0 Å². The molecule has 0 aliphatic heterocycles. The Bertz CT molecular complexity index is 404. The molecule has 170 valence electrons. The van der Waals surface area contributed by atoms with Crippen LogP contribution < -0.4 is 5.73 Å². The fourth-order valence-electron chi connectivity index (χ4n) is 3.64. The summed E-state index contributed by atoms with van der Waals surface area (Å²) in [5.74, 6) is 0.362. The average molecular weight is 408 g/mol. The summed E-state index contributed by atoms with van der Waals surface area (Å²) in [7, 11) is 0. The molecular weight excluding hydrogens is 358 g/mol. The minimum absolute atomic E-state index is 0.170. The van der Waals surface area contributed by atoms with Gasteiger partial charge >= 0.3 is 0 Å². The van der Waals surface area contributed by atoms with Crippen LogP contribution in [0.25, 0.3) is 0 Å². The zero-order valence-corrected chi connectivity index (χ0v) is 19.3. The second-order valence-corrected chi connectivity index (χ2v) is 8.49. The lowest BCUT2D eigenvalue weighted by Gasteiger charge is -2.12. The topological polar surface area (TPSA) is 63.3 Å². The second-order valence-electron chi connectivity index (χ2n) is 8.49. The molecule has 0 saturated carbocycles. The van der Waals surface area contributed by atoms with E-state index in [-0.39, 0.29) is 5.91 Å². The van der Waals surface area contributed by atoms with E-state index >= 15 is 0 Å². The molecule has 0 heterocycles. The van der Waals surface area contributed by atoms with Gasteiger partial charge in [0.2, 0.25) is 5.91 Å². The smallest absolute Gasteiger partial charge is 0.217 e. The lowest BCUT2D eigenvalue weighted by molar-refractivity contribution is -0.118. The molecule has 0 aliphatic carbocycles. The minimum Gasteiger partial charge on any atom is -0.396 e. The first-order valence-corrected chi connectivity index (χ1v) is 12.4. The molecule has 0 rings (SSSR count). The van der Waals surface area contributed by atoms with Crippen LogP contribution in [0.1, 0.15) is 122 Å². The number of carbonyl (C=O) groups excluding carboxylic acids is 1. The highest BCUT2D eigenvalue weighted by Crippen LogP contribution is 2.16. The van der Waals surface area contributed by atoms with Crippen molar-refractivity contribution in [2.45, 2.75) is 122 Å². The van der Waals surface area contributed by atoms with E-state index in [1.165, 1.54) is 89.9 Å². The van der Waals surface area contributed by atoms with Gasteiger partial charge in [-0.25, -0.2) is 0 Å². The first kappa shape index (κ1) is 27.9. The van der Waals surface area contributed by atoms with Gasteiger partial charge in [0.15, 0.2) is 0 Å². The van der Waals surface area contributed by atoms with Crippen molar-refractivity contribution in [1.29, 1.82) is 0 Å². The molecule has 3 N–H and O–H groups in total. The van der Waals surface area contributed by atoms with Crippen LogP contribution in [0.3, 0.4) is 0 Å². The van der Waals surface area contributed by atoms with Crippen molar-refractivity contribution in [1.82, 2.24) is 0 Å². The number of unbranched alkanes of at least 4 members (excludes halogenated alkanes) is 11. The first-order chi connectivity index (χ1) is 14.2. The molecule has 0 bridgehead atoms. The van der Waals surface area contributed by atoms with Crippen LogP contribution in [0.2, 0.25) is 0 Å². The number of nitrogens with two attached hydrogens (primary N) is 1. The van der Waals surface area contributed by atoms with Crippen LogP contribution in [0, 0.1) is 5.92 Å². The van der Waals surface area contributed by atoms with E-state index in [2.05, 4.69) is 31.2 Å². The zero-order chi connectivity index (χ0) is 21.4. The van der Waals surface area contributed by atoms with Crippen molar-refractivity contribution in [3.63, 3.8) is 0 Å². The fraction of sp³-hybridized carbons (Fsp3) is 0.808. The molecular formula is C26H49NO2. The molecule has 1 unspecified atom stereocenters. The number of amides is 1. The summed E-state index contributed by atoms with van der Waals surface area (Å²) in [5, 5.41) is 9.38. The van der Waals surface area contributed by atoms with Gasteiger partial charge < -0.3 is 10.8 Å². The van der Waals surface area contributed by atoms with E-state index in [4.69, 9.17) is 5.73 Å². The molecule has 0 spiro atoms. The molecule has 0 aromatic rings. The lowest BCUT2D eigenvalue weighted by atomic mass is 9.96. The maximum absolute atomic E-state index is 10.6. The van der Waals surface area contributed by atoms with E-state index in [1.807, 2.05) is 0 Å². The number of allylic oxidation sites excluding steroid dienone is 4. The molecule has 3 heteroatoms. The second kappa shape index (κ2) is 23.2. The normalized spacial score (nSPS) is 12.9. The van der Waals surface area contributed by atoms with Crippen LogP contribution in [0.15, 0.2) is 24.3 Å².